The minimum atomic E-state index is -0.218. The average Bonchev–Trinajstić information content (AvgIpc) is 3.14. The van der Waals surface area contributed by atoms with E-state index in [0.717, 1.165) is 12.4 Å². The maximum absolute atomic E-state index is 12.1. The first-order valence-corrected chi connectivity index (χ1v) is 8.97. The maximum atomic E-state index is 12.1. The largest absolute Gasteiger partial charge is 0.352 e. The summed E-state index contributed by atoms with van der Waals surface area (Å²) < 4.78 is 2.99. The van der Waals surface area contributed by atoms with Crippen molar-refractivity contribution < 1.29 is 4.79 Å². The molecule has 0 bridgehead atoms. The molecule has 7 heteroatoms. The molecule has 24 heavy (non-hydrogen) atoms. The van der Waals surface area contributed by atoms with Crippen LogP contribution in [0.1, 0.15) is 21.7 Å². The SMILES string of the molecule is O=C(NCCc1nccn1Cc1ccccc1)c1cc(Cl)sc1Cl. The number of benzene rings is 1. The molecule has 1 aromatic carbocycles. The monoisotopic (exact) mass is 379 g/mol. The first-order chi connectivity index (χ1) is 11.6. The first-order valence-electron chi connectivity index (χ1n) is 7.40. The Hall–Kier alpha value is -1.82. The molecule has 3 aromatic rings. The fourth-order valence-corrected chi connectivity index (χ4v) is 3.83. The average molecular weight is 380 g/mol. The van der Waals surface area contributed by atoms with Gasteiger partial charge in [-0.2, -0.15) is 0 Å². The lowest BCUT2D eigenvalue weighted by Gasteiger charge is -2.09. The maximum Gasteiger partial charge on any atom is 0.253 e. The van der Waals surface area contributed by atoms with Gasteiger partial charge in [0.05, 0.1) is 9.90 Å². The standard InChI is InChI=1S/C17H15Cl2N3OS/c18-14-10-13(16(19)24-14)17(23)21-7-6-15-20-8-9-22(15)11-12-4-2-1-3-5-12/h1-5,8-10H,6-7,11H2,(H,21,23). The van der Waals surface area contributed by atoms with Crippen LogP contribution in [0.4, 0.5) is 0 Å². The number of nitrogens with one attached hydrogen (secondary N) is 1. The molecule has 2 heterocycles. The molecule has 1 amide bonds. The molecule has 124 valence electrons. The molecule has 0 radical (unpaired) electrons. The summed E-state index contributed by atoms with van der Waals surface area (Å²) in [6, 6.07) is 11.8. The van der Waals surface area contributed by atoms with Crippen LogP contribution in [0, 0.1) is 0 Å². The van der Waals surface area contributed by atoms with Crippen LogP contribution in [0.2, 0.25) is 8.67 Å². The molecule has 3 rings (SSSR count). The molecule has 4 nitrogen and oxygen atoms in total. The van der Waals surface area contributed by atoms with Crippen LogP contribution in [0.3, 0.4) is 0 Å². The normalized spacial score (nSPS) is 10.8. The molecule has 0 fully saturated rings. The van der Waals surface area contributed by atoms with E-state index < -0.39 is 0 Å². The number of carbonyl (C=O) groups excluding carboxylic acids is 1. The van der Waals surface area contributed by atoms with Crippen LogP contribution in [0.25, 0.3) is 0 Å². The van der Waals surface area contributed by atoms with Crippen LogP contribution in [0.15, 0.2) is 48.8 Å². The molecule has 0 aliphatic rings. The van der Waals surface area contributed by atoms with Gasteiger partial charge < -0.3 is 9.88 Å². The Morgan fingerprint density at radius 3 is 2.75 bits per heavy atom. The number of hydrogen-bond donors (Lipinski definition) is 1. The quantitative estimate of drug-likeness (QED) is 0.694. The molecule has 0 spiro atoms. The lowest BCUT2D eigenvalue weighted by molar-refractivity contribution is 0.0954. The number of aromatic nitrogens is 2. The minimum Gasteiger partial charge on any atom is -0.352 e. The molecule has 0 aliphatic heterocycles. The highest BCUT2D eigenvalue weighted by Crippen LogP contribution is 2.30. The predicted molar refractivity (Wildman–Crippen MR) is 98.1 cm³/mol. The number of amides is 1. The van der Waals surface area contributed by atoms with Crippen molar-refractivity contribution in [3.8, 4) is 0 Å². The minimum absolute atomic E-state index is 0.218. The Morgan fingerprint density at radius 2 is 2.04 bits per heavy atom. The van der Waals surface area contributed by atoms with Gasteiger partial charge in [-0.15, -0.1) is 11.3 Å². The van der Waals surface area contributed by atoms with Gasteiger partial charge >= 0.3 is 0 Å². The second kappa shape index (κ2) is 7.83. The van der Waals surface area contributed by atoms with E-state index in [4.69, 9.17) is 23.2 Å². The Bertz CT molecular complexity index is 829. The topological polar surface area (TPSA) is 46.9 Å². The number of hydrogen-bond acceptors (Lipinski definition) is 3. The van der Waals surface area contributed by atoms with Gasteiger partial charge in [0.2, 0.25) is 0 Å². The summed E-state index contributed by atoms with van der Waals surface area (Å²) in [6.45, 7) is 1.24. The third-order valence-corrected chi connectivity index (χ3v) is 5.02. The molecule has 0 unspecified atom stereocenters. The van der Waals surface area contributed by atoms with Crippen LogP contribution in [0.5, 0.6) is 0 Å². The molecular formula is C17H15Cl2N3OS. The summed E-state index contributed by atoms with van der Waals surface area (Å²) >= 11 is 13.0. The molecule has 0 saturated carbocycles. The predicted octanol–water partition coefficient (Wildman–Crippen LogP) is 4.27. The van der Waals surface area contributed by atoms with Gasteiger partial charge in [-0.1, -0.05) is 53.5 Å². The Labute approximate surface area is 154 Å². The number of thiophene rings is 1. The van der Waals surface area contributed by atoms with Crippen LogP contribution < -0.4 is 5.32 Å². The zero-order chi connectivity index (χ0) is 16.9. The van der Waals surface area contributed by atoms with E-state index >= 15 is 0 Å². The third kappa shape index (κ3) is 4.17. The lowest BCUT2D eigenvalue weighted by atomic mass is 10.2. The highest BCUT2D eigenvalue weighted by Gasteiger charge is 2.14. The van der Waals surface area contributed by atoms with E-state index in [1.807, 2.05) is 24.4 Å². The van der Waals surface area contributed by atoms with Crippen molar-refractivity contribution in [1.29, 1.82) is 0 Å². The highest BCUT2D eigenvalue weighted by atomic mass is 35.5. The third-order valence-electron chi connectivity index (χ3n) is 3.53. The van der Waals surface area contributed by atoms with Gasteiger partial charge in [0, 0.05) is 31.9 Å². The van der Waals surface area contributed by atoms with Crippen molar-refractivity contribution in [2.45, 2.75) is 13.0 Å². The van der Waals surface area contributed by atoms with Crippen LogP contribution in [-0.2, 0) is 13.0 Å². The van der Waals surface area contributed by atoms with Gasteiger partial charge in [-0.05, 0) is 11.6 Å². The van der Waals surface area contributed by atoms with Crippen molar-refractivity contribution in [3.05, 3.63) is 74.4 Å². The molecular weight excluding hydrogens is 365 g/mol. The summed E-state index contributed by atoms with van der Waals surface area (Å²) in [5.74, 6) is 0.706. The molecule has 0 aliphatic carbocycles. The second-order valence-electron chi connectivity index (χ2n) is 5.20. The number of imidazole rings is 1. The van der Waals surface area contributed by atoms with Crippen LogP contribution >= 0.6 is 34.5 Å². The smallest absolute Gasteiger partial charge is 0.253 e. The molecule has 0 saturated heterocycles. The van der Waals surface area contributed by atoms with Crippen molar-refractivity contribution in [2.75, 3.05) is 6.54 Å². The zero-order valence-corrected chi connectivity index (χ0v) is 15.0. The van der Waals surface area contributed by atoms with E-state index in [-0.39, 0.29) is 5.91 Å². The zero-order valence-electron chi connectivity index (χ0n) is 12.7. The Kier molecular flexibility index (Phi) is 5.56. The van der Waals surface area contributed by atoms with E-state index in [9.17, 15) is 4.79 Å². The van der Waals surface area contributed by atoms with E-state index in [1.165, 1.54) is 16.9 Å². The van der Waals surface area contributed by atoms with Crippen molar-refractivity contribution in [1.82, 2.24) is 14.9 Å². The van der Waals surface area contributed by atoms with E-state index in [2.05, 4.69) is 27.0 Å². The summed E-state index contributed by atoms with van der Waals surface area (Å²) in [7, 11) is 0. The Morgan fingerprint density at radius 1 is 1.25 bits per heavy atom. The number of carbonyl (C=O) groups is 1. The molecule has 0 atom stereocenters. The lowest BCUT2D eigenvalue weighted by Crippen LogP contribution is -2.26. The van der Waals surface area contributed by atoms with Crippen molar-refractivity contribution >= 4 is 40.4 Å². The summed E-state index contributed by atoms with van der Waals surface area (Å²) in [6.07, 6.45) is 4.36. The van der Waals surface area contributed by atoms with Gasteiger partial charge in [0.15, 0.2) is 0 Å². The van der Waals surface area contributed by atoms with E-state index in [0.29, 0.717) is 27.2 Å². The van der Waals surface area contributed by atoms with Crippen molar-refractivity contribution in [2.24, 2.45) is 0 Å². The first kappa shape index (κ1) is 17.0. The van der Waals surface area contributed by atoms with Gasteiger partial charge in [-0.25, -0.2) is 4.98 Å². The molecule has 1 N–H and O–H groups in total. The Balaban J connectivity index is 1.57. The fourth-order valence-electron chi connectivity index (χ4n) is 2.37. The molecule has 2 aromatic heterocycles. The van der Waals surface area contributed by atoms with Gasteiger partial charge in [0.1, 0.15) is 10.2 Å². The van der Waals surface area contributed by atoms with Crippen LogP contribution in [-0.4, -0.2) is 22.0 Å². The number of rotatable bonds is 6. The van der Waals surface area contributed by atoms with E-state index in [1.54, 1.807) is 12.3 Å². The number of halogens is 2. The van der Waals surface area contributed by atoms with Gasteiger partial charge in [-0.3, -0.25) is 4.79 Å². The summed E-state index contributed by atoms with van der Waals surface area (Å²) in [5, 5.41) is 2.85. The second-order valence-corrected chi connectivity index (χ2v) is 7.49. The van der Waals surface area contributed by atoms with Gasteiger partial charge in [0.25, 0.3) is 5.91 Å². The highest BCUT2D eigenvalue weighted by molar-refractivity contribution is 7.20. The summed E-state index contributed by atoms with van der Waals surface area (Å²) in [4.78, 5) is 16.5. The summed E-state index contributed by atoms with van der Waals surface area (Å²) in [5.41, 5.74) is 1.62. The van der Waals surface area contributed by atoms with Crippen molar-refractivity contribution in [3.63, 3.8) is 0 Å². The number of nitrogens with zero attached hydrogens (tertiary/aromatic N) is 2. The fraction of sp³-hybridized carbons (Fsp3) is 0.176.